The Labute approximate surface area is 116 Å². The fourth-order valence-corrected chi connectivity index (χ4v) is 2.57. The Morgan fingerprint density at radius 1 is 1.00 bits per heavy atom. The largest absolute Gasteiger partial charge is 0.294 e. The molecule has 19 heavy (non-hydrogen) atoms. The van der Waals surface area contributed by atoms with E-state index in [1.54, 1.807) is 0 Å². The Bertz CT molecular complexity index is 564. The van der Waals surface area contributed by atoms with Crippen LogP contribution in [0.15, 0.2) is 42.5 Å². The summed E-state index contributed by atoms with van der Waals surface area (Å²) in [6, 6.07) is 14.2. The van der Waals surface area contributed by atoms with Crippen molar-refractivity contribution in [3.63, 3.8) is 0 Å². The van der Waals surface area contributed by atoms with E-state index in [-0.39, 0.29) is 5.78 Å². The summed E-state index contributed by atoms with van der Waals surface area (Å²) < 4.78 is 0. The summed E-state index contributed by atoms with van der Waals surface area (Å²) >= 11 is 0. The topological polar surface area (TPSA) is 17.1 Å². The molecule has 0 amide bonds. The number of benzene rings is 2. The molecule has 0 aliphatic heterocycles. The molecule has 2 aromatic carbocycles. The van der Waals surface area contributed by atoms with Gasteiger partial charge in [-0.15, -0.1) is 0 Å². The van der Waals surface area contributed by atoms with Crippen LogP contribution in [-0.4, -0.2) is 13.6 Å². The van der Waals surface area contributed by atoms with Gasteiger partial charge in [0.15, 0.2) is 5.78 Å². The van der Waals surface area contributed by atoms with E-state index >= 15 is 0 Å². The molecule has 0 aliphatic rings. The maximum Gasteiger partial charge on any atom is 0.167 e. The number of rotatable bonds is 4. The van der Waals surface area contributed by atoms with Gasteiger partial charge in [0.1, 0.15) is 7.85 Å². The number of hydrogen-bond acceptors (Lipinski definition) is 1. The Morgan fingerprint density at radius 3 is 2.11 bits per heavy atom. The summed E-state index contributed by atoms with van der Waals surface area (Å²) in [5, 5.41) is 0. The van der Waals surface area contributed by atoms with Gasteiger partial charge in [0, 0.05) is 12.0 Å². The van der Waals surface area contributed by atoms with Crippen molar-refractivity contribution < 1.29 is 4.79 Å². The molecule has 0 bridgehead atoms. The van der Waals surface area contributed by atoms with E-state index in [2.05, 4.69) is 20.0 Å². The Morgan fingerprint density at radius 2 is 1.58 bits per heavy atom. The van der Waals surface area contributed by atoms with Crippen molar-refractivity contribution in [2.75, 3.05) is 0 Å². The molecule has 1 nitrogen and oxygen atoms in total. The molecule has 2 rings (SSSR count). The molecule has 0 radical (unpaired) electrons. The molecular formula is C17H19BO. The molecule has 0 aliphatic carbocycles. The van der Waals surface area contributed by atoms with Crippen LogP contribution in [0.4, 0.5) is 0 Å². The lowest BCUT2D eigenvalue weighted by atomic mass is 9.89. The van der Waals surface area contributed by atoms with Gasteiger partial charge in [-0.25, -0.2) is 0 Å². The maximum absolute atomic E-state index is 12.5. The quantitative estimate of drug-likeness (QED) is 0.602. The van der Waals surface area contributed by atoms with Gasteiger partial charge in [0.25, 0.3) is 0 Å². The Balaban J connectivity index is 2.29. The first-order valence-electron chi connectivity index (χ1n) is 6.79. The lowest BCUT2D eigenvalue weighted by Gasteiger charge is -2.11. The van der Waals surface area contributed by atoms with Crippen molar-refractivity contribution in [1.82, 2.24) is 0 Å². The number of carbonyl (C=O) groups is 1. The van der Waals surface area contributed by atoms with Gasteiger partial charge < -0.3 is 0 Å². The zero-order chi connectivity index (χ0) is 13.8. The first-order chi connectivity index (χ1) is 9.11. The summed E-state index contributed by atoms with van der Waals surface area (Å²) in [7, 11) is 2.14. The van der Waals surface area contributed by atoms with Crippen LogP contribution < -0.4 is 0 Å². The van der Waals surface area contributed by atoms with Gasteiger partial charge in [-0.05, 0) is 30.5 Å². The monoisotopic (exact) mass is 250 g/mol. The third kappa shape index (κ3) is 3.14. The second kappa shape index (κ2) is 5.88. The van der Waals surface area contributed by atoms with E-state index in [1.165, 1.54) is 5.56 Å². The van der Waals surface area contributed by atoms with Crippen LogP contribution >= 0.6 is 0 Å². The normalized spacial score (nSPS) is 10.4. The minimum atomic E-state index is 0.212. The average molecular weight is 250 g/mol. The van der Waals surface area contributed by atoms with Crippen molar-refractivity contribution >= 4 is 13.6 Å². The van der Waals surface area contributed by atoms with Gasteiger partial charge in [-0.1, -0.05) is 54.3 Å². The van der Waals surface area contributed by atoms with Crippen LogP contribution in [0, 0.1) is 13.8 Å². The first-order valence-corrected chi connectivity index (χ1v) is 6.79. The molecule has 0 N–H and O–H groups in total. The molecule has 2 aromatic rings. The standard InChI is InChI=1S/C17H19BO/c1-12-8-15(11-18)9-13(2)17(12)16(19)10-14-6-4-3-5-7-14/h3-9H,10-11,18H2,1-2H3. The summed E-state index contributed by atoms with van der Waals surface area (Å²) in [5.74, 6) is 0.212. The summed E-state index contributed by atoms with van der Waals surface area (Å²) in [4.78, 5) is 12.5. The van der Waals surface area contributed by atoms with Crippen LogP contribution in [0.2, 0.25) is 0 Å². The van der Waals surface area contributed by atoms with Crippen molar-refractivity contribution in [3.8, 4) is 0 Å². The summed E-state index contributed by atoms with van der Waals surface area (Å²) in [6.07, 6.45) is 1.49. The first kappa shape index (κ1) is 13.6. The number of hydrogen-bond donors (Lipinski definition) is 0. The molecule has 2 heteroatoms. The van der Waals surface area contributed by atoms with Crippen molar-refractivity contribution in [2.45, 2.75) is 26.6 Å². The molecule has 0 atom stereocenters. The summed E-state index contributed by atoms with van der Waals surface area (Å²) in [5.41, 5.74) is 5.45. The van der Waals surface area contributed by atoms with Crippen LogP contribution in [0.1, 0.15) is 32.6 Å². The second-order valence-electron chi connectivity index (χ2n) is 5.04. The fraction of sp³-hybridized carbons (Fsp3) is 0.235. The zero-order valence-corrected chi connectivity index (χ0v) is 11.9. The van der Waals surface area contributed by atoms with Crippen LogP contribution in [0.3, 0.4) is 0 Å². The number of carbonyl (C=O) groups excluding carboxylic acids is 1. The molecule has 0 fully saturated rings. The van der Waals surface area contributed by atoms with Crippen LogP contribution in [0.5, 0.6) is 0 Å². The second-order valence-corrected chi connectivity index (χ2v) is 5.04. The molecular weight excluding hydrogens is 231 g/mol. The van der Waals surface area contributed by atoms with Gasteiger partial charge in [0.2, 0.25) is 0 Å². The van der Waals surface area contributed by atoms with Gasteiger partial charge in [0.05, 0.1) is 0 Å². The van der Waals surface area contributed by atoms with E-state index in [9.17, 15) is 4.79 Å². The van der Waals surface area contributed by atoms with Crippen molar-refractivity contribution in [1.29, 1.82) is 0 Å². The predicted octanol–water partition coefficient (Wildman–Crippen LogP) is 2.86. The highest BCUT2D eigenvalue weighted by atomic mass is 16.1. The van der Waals surface area contributed by atoms with Crippen LogP contribution in [0.25, 0.3) is 0 Å². The average Bonchev–Trinajstić information content (AvgIpc) is 2.38. The predicted molar refractivity (Wildman–Crippen MR) is 82.6 cm³/mol. The van der Waals surface area contributed by atoms with Gasteiger partial charge in [-0.2, -0.15) is 0 Å². The van der Waals surface area contributed by atoms with Crippen LogP contribution in [-0.2, 0) is 12.7 Å². The van der Waals surface area contributed by atoms with Gasteiger partial charge >= 0.3 is 0 Å². The molecule has 0 heterocycles. The minimum absolute atomic E-state index is 0.212. The fourth-order valence-electron chi connectivity index (χ4n) is 2.57. The van der Waals surface area contributed by atoms with Crippen molar-refractivity contribution in [2.24, 2.45) is 0 Å². The number of ketones is 1. The van der Waals surface area contributed by atoms with E-state index in [4.69, 9.17) is 0 Å². The third-order valence-corrected chi connectivity index (χ3v) is 3.49. The zero-order valence-electron chi connectivity index (χ0n) is 11.9. The Kier molecular flexibility index (Phi) is 4.21. The molecule has 96 valence electrons. The number of aryl methyl sites for hydroxylation is 2. The SMILES string of the molecule is BCc1cc(C)c(C(=O)Cc2ccccc2)c(C)c1. The highest BCUT2D eigenvalue weighted by molar-refractivity contribution is 6.08. The lowest BCUT2D eigenvalue weighted by molar-refractivity contribution is 0.0992. The molecule has 0 saturated heterocycles. The highest BCUT2D eigenvalue weighted by Gasteiger charge is 2.13. The maximum atomic E-state index is 12.5. The molecule has 0 spiro atoms. The smallest absolute Gasteiger partial charge is 0.167 e. The number of Topliss-reactive ketones (excluding diaryl/α,β-unsaturated/α-hetero) is 1. The van der Waals surface area contributed by atoms with Gasteiger partial charge in [-0.3, -0.25) is 4.79 Å². The lowest BCUT2D eigenvalue weighted by Crippen LogP contribution is -2.08. The highest BCUT2D eigenvalue weighted by Crippen LogP contribution is 2.19. The van der Waals surface area contributed by atoms with E-state index < -0.39 is 0 Å². The molecule has 0 unspecified atom stereocenters. The third-order valence-electron chi connectivity index (χ3n) is 3.49. The molecule has 0 saturated carbocycles. The van der Waals surface area contributed by atoms with E-state index in [0.717, 1.165) is 28.6 Å². The Hall–Kier alpha value is -1.83. The summed E-state index contributed by atoms with van der Waals surface area (Å²) in [6.45, 7) is 4.06. The minimum Gasteiger partial charge on any atom is -0.294 e. The molecule has 0 aromatic heterocycles. The van der Waals surface area contributed by atoms with E-state index in [1.807, 2.05) is 44.2 Å². The van der Waals surface area contributed by atoms with E-state index in [0.29, 0.717) is 6.42 Å². The van der Waals surface area contributed by atoms with Crippen molar-refractivity contribution in [3.05, 3.63) is 70.3 Å².